The average molecular weight is 199 g/mol. The minimum absolute atomic E-state index is 0.0520. The summed E-state index contributed by atoms with van der Waals surface area (Å²) < 4.78 is 14.9. The molecule has 0 saturated carbocycles. The van der Waals surface area contributed by atoms with Crippen LogP contribution in [0.4, 0.5) is 0 Å². The number of pyridine rings is 1. The zero-order valence-corrected chi connectivity index (χ0v) is 7.99. The third kappa shape index (κ3) is 3.59. The molecule has 0 atom stereocenters. The Labute approximate surface area is 81.6 Å². The summed E-state index contributed by atoms with van der Waals surface area (Å²) in [7, 11) is 1.59. The van der Waals surface area contributed by atoms with E-state index in [4.69, 9.17) is 14.2 Å². The van der Waals surface area contributed by atoms with Gasteiger partial charge in [0.15, 0.2) is 12.5 Å². The molecule has 0 fully saturated rings. The van der Waals surface area contributed by atoms with E-state index in [0.29, 0.717) is 13.2 Å². The summed E-state index contributed by atoms with van der Waals surface area (Å²) in [6.45, 7) is 1.01. The molecule has 78 valence electrons. The molecule has 0 aromatic carbocycles. The molecular weight excluding hydrogens is 186 g/mol. The van der Waals surface area contributed by atoms with E-state index in [1.54, 1.807) is 25.4 Å². The van der Waals surface area contributed by atoms with E-state index in [1.807, 2.05) is 0 Å². The van der Waals surface area contributed by atoms with Crippen molar-refractivity contribution in [2.75, 3.05) is 27.1 Å². The van der Waals surface area contributed by atoms with Crippen molar-refractivity contribution in [1.29, 1.82) is 0 Å². The summed E-state index contributed by atoms with van der Waals surface area (Å²) in [5, 5.41) is 0. The second-order valence-electron chi connectivity index (χ2n) is 2.53. The summed E-state index contributed by atoms with van der Waals surface area (Å²) >= 11 is 0. The van der Waals surface area contributed by atoms with Crippen molar-refractivity contribution >= 4 is 0 Å². The molecular formula is C9H13NO4. The van der Waals surface area contributed by atoms with Crippen LogP contribution >= 0.6 is 0 Å². The van der Waals surface area contributed by atoms with Crippen LogP contribution in [0.5, 0.6) is 5.75 Å². The highest BCUT2D eigenvalue weighted by Crippen LogP contribution is 1.98. The van der Waals surface area contributed by atoms with Crippen LogP contribution in [0.2, 0.25) is 0 Å². The third-order valence-corrected chi connectivity index (χ3v) is 1.51. The van der Waals surface area contributed by atoms with Crippen LogP contribution in [-0.2, 0) is 9.47 Å². The van der Waals surface area contributed by atoms with Gasteiger partial charge in [-0.25, -0.2) is 0 Å². The van der Waals surface area contributed by atoms with Crippen LogP contribution in [0.1, 0.15) is 0 Å². The van der Waals surface area contributed by atoms with Gasteiger partial charge in [-0.3, -0.25) is 4.79 Å². The minimum atomic E-state index is -0.261. The normalized spacial score (nSPS) is 10.1. The molecule has 0 amide bonds. The fourth-order valence-electron chi connectivity index (χ4n) is 0.826. The van der Waals surface area contributed by atoms with Crippen molar-refractivity contribution < 1.29 is 14.2 Å². The van der Waals surface area contributed by atoms with Crippen molar-refractivity contribution in [3.05, 3.63) is 28.7 Å². The summed E-state index contributed by atoms with van der Waals surface area (Å²) in [6, 6.07) is 3.27. The summed E-state index contributed by atoms with van der Waals surface area (Å²) in [4.78, 5) is 13.6. The molecule has 14 heavy (non-hydrogen) atoms. The average Bonchev–Trinajstić information content (AvgIpc) is 2.20. The third-order valence-electron chi connectivity index (χ3n) is 1.51. The van der Waals surface area contributed by atoms with Gasteiger partial charge in [-0.2, -0.15) is 0 Å². The number of aromatic nitrogens is 1. The molecule has 1 aromatic rings. The molecule has 1 aromatic heterocycles. The zero-order chi connectivity index (χ0) is 10.2. The van der Waals surface area contributed by atoms with E-state index in [-0.39, 0.29) is 18.1 Å². The Kier molecular flexibility index (Phi) is 4.74. The minimum Gasteiger partial charge on any atom is -0.462 e. The predicted octanol–water partition coefficient (Wildman–Crippen LogP) is 0.374. The second kappa shape index (κ2) is 6.17. The number of aromatic amines is 1. The summed E-state index contributed by atoms with van der Waals surface area (Å²) in [6.07, 6.45) is 1.54. The molecule has 5 heteroatoms. The van der Waals surface area contributed by atoms with Crippen molar-refractivity contribution in [3.8, 4) is 5.75 Å². The molecule has 0 aliphatic rings. The molecule has 0 aliphatic carbocycles. The van der Waals surface area contributed by atoms with Crippen molar-refractivity contribution in [1.82, 2.24) is 4.98 Å². The first-order valence-corrected chi connectivity index (χ1v) is 4.22. The Morgan fingerprint density at radius 1 is 1.43 bits per heavy atom. The quantitative estimate of drug-likeness (QED) is 0.531. The highest BCUT2D eigenvalue weighted by molar-refractivity contribution is 5.15. The van der Waals surface area contributed by atoms with Gasteiger partial charge in [0, 0.05) is 13.3 Å². The lowest BCUT2D eigenvalue weighted by Gasteiger charge is -2.05. The maximum Gasteiger partial charge on any atom is 0.290 e. The van der Waals surface area contributed by atoms with E-state index in [1.165, 1.54) is 0 Å². The molecule has 0 unspecified atom stereocenters. The van der Waals surface area contributed by atoms with Crippen LogP contribution in [0.15, 0.2) is 23.1 Å². The van der Waals surface area contributed by atoms with Crippen LogP contribution in [0.25, 0.3) is 0 Å². The molecule has 0 spiro atoms. The number of hydrogen-bond donors (Lipinski definition) is 1. The van der Waals surface area contributed by atoms with E-state index in [2.05, 4.69) is 4.98 Å². The monoisotopic (exact) mass is 199 g/mol. The van der Waals surface area contributed by atoms with Gasteiger partial charge in [0.1, 0.15) is 0 Å². The standard InChI is InChI=1S/C9H13NO4/c1-12-5-6-13-7-14-8-3-2-4-10-9(8)11/h2-4H,5-7H2,1H3,(H,10,11). The Bertz CT molecular complexity index is 310. The van der Waals surface area contributed by atoms with Gasteiger partial charge in [0.2, 0.25) is 0 Å². The number of hydrogen-bond acceptors (Lipinski definition) is 4. The lowest BCUT2D eigenvalue weighted by atomic mass is 10.5. The molecule has 1 N–H and O–H groups in total. The first kappa shape index (κ1) is 10.7. The predicted molar refractivity (Wildman–Crippen MR) is 50.4 cm³/mol. The smallest absolute Gasteiger partial charge is 0.290 e. The van der Waals surface area contributed by atoms with E-state index >= 15 is 0 Å². The van der Waals surface area contributed by atoms with Crippen molar-refractivity contribution in [3.63, 3.8) is 0 Å². The molecule has 0 bridgehead atoms. The van der Waals surface area contributed by atoms with Gasteiger partial charge in [-0.15, -0.1) is 0 Å². The van der Waals surface area contributed by atoms with Crippen molar-refractivity contribution in [2.24, 2.45) is 0 Å². The van der Waals surface area contributed by atoms with E-state index in [9.17, 15) is 4.79 Å². The Hall–Kier alpha value is -1.33. The van der Waals surface area contributed by atoms with Gasteiger partial charge in [0.05, 0.1) is 13.2 Å². The van der Waals surface area contributed by atoms with Gasteiger partial charge in [-0.05, 0) is 12.1 Å². The van der Waals surface area contributed by atoms with Crippen molar-refractivity contribution in [2.45, 2.75) is 0 Å². The number of rotatable bonds is 6. The largest absolute Gasteiger partial charge is 0.462 e. The molecule has 5 nitrogen and oxygen atoms in total. The molecule has 1 heterocycles. The van der Waals surface area contributed by atoms with Crippen LogP contribution in [-0.4, -0.2) is 32.1 Å². The lowest BCUT2D eigenvalue weighted by Crippen LogP contribution is -2.13. The number of H-pyrrole nitrogens is 1. The topological polar surface area (TPSA) is 60.6 Å². The SMILES string of the molecule is COCCOCOc1ccc[nH]c1=O. The second-order valence-corrected chi connectivity index (χ2v) is 2.53. The summed E-state index contributed by atoms with van der Waals surface area (Å²) in [5.74, 6) is 0.255. The molecule has 0 aliphatic heterocycles. The molecule has 0 radical (unpaired) electrons. The van der Waals surface area contributed by atoms with Gasteiger partial charge >= 0.3 is 0 Å². The Morgan fingerprint density at radius 2 is 2.29 bits per heavy atom. The first-order valence-electron chi connectivity index (χ1n) is 4.22. The van der Waals surface area contributed by atoms with E-state index < -0.39 is 0 Å². The van der Waals surface area contributed by atoms with Gasteiger partial charge in [0.25, 0.3) is 5.56 Å². The fraction of sp³-hybridized carbons (Fsp3) is 0.444. The van der Waals surface area contributed by atoms with Crippen LogP contribution < -0.4 is 10.3 Å². The fourth-order valence-corrected chi connectivity index (χ4v) is 0.826. The van der Waals surface area contributed by atoms with Gasteiger partial charge < -0.3 is 19.2 Å². The maximum absolute atomic E-state index is 11.1. The van der Waals surface area contributed by atoms with Crippen LogP contribution in [0, 0.1) is 0 Å². The lowest BCUT2D eigenvalue weighted by molar-refractivity contribution is -0.00911. The van der Waals surface area contributed by atoms with E-state index in [0.717, 1.165) is 0 Å². The molecule has 1 rings (SSSR count). The van der Waals surface area contributed by atoms with Gasteiger partial charge in [-0.1, -0.05) is 0 Å². The highest BCUT2D eigenvalue weighted by Gasteiger charge is 1.97. The zero-order valence-electron chi connectivity index (χ0n) is 7.99. The number of nitrogens with one attached hydrogen (secondary N) is 1. The van der Waals surface area contributed by atoms with Crippen LogP contribution in [0.3, 0.4) is 0 Å². The Morgan fingerprint density at radius 3 is 3.00 bits per heavy atom. The number of methoxy groups -OCH3 is 1. The Balaban J connectivity index is 2.25. The number of ether oxygens (including phenoxy) is 3. The highest BCUT2D eigenvalue weighted by atomic mass is 16.7. The summed E-state index contributed by atoms with van der Waals surface area (Å²) in [5.41, 5.74) is -0.261. The molecule has 0 saturated heterocycles. The maximum atomic E-state index is 11.1. The first-order chi connectivity index (χ1) is 6.84.